The molecule has 11 heteroatoms. The Labute approximate surface area is 235 Å². The maximum absolute atomic E-state index is 14.3. The summed E-state index contributed by atoms with van der Waals surface area (Å²) in [5, 5.41) is 25.1. The summed E-state index contributed by atoms with van der Waals surface area (Å²) < 4.78 is 17.7. The monoisotopic (exact) mass is 565 g/mol. The molecule has 210 valence electrons. The molecule has 3 aliphatic heterocycles. The highest BCUT2D eigenvalue weighted by molar-refractivity contribution is 7.99. The molecule has 3 N–H and O–H groups in total. The molecule has 3 aromatic rings. The smallest absolute Gasteiger partial charge is 0.256 e. The van der Waals surface area contributed by atoms with Gasteiger partial charge in [-0.15, -0.1) is 0 Å². The molecule has 10 nitrogen and oxygen atoms in total. The third kappa shape index (κ3) is 4.37. The van der Waals surface area contributed by atoms with Gasteiger partial charge in [0.05, 0.1) is 25.5 Å². The topological polar surface area (TPSA) is 130 Å². The number of benzene rings is 2. The molecule has 0 bridgehead atoms. The number of hydrogen-bond donors (Lipinski definition) is 3. The van der Waals surface area contributed by atoms with Crippen molar-refractivity contribution < 1.29 is 34.0 Å². The lowest BCUT2D eigenvalue weighted by Crippen LogP contribution is -2.58. The van der Waals surface area contributed by atoms with Crippen molar-refractivity contribution in [3.8, 4) is 17.2 Å². The van der Waals surface area contributed by atoms with Crippen molar-refractivity contribution >= 4 is 39.9 Å². The molecule has 0 aliphatic carbocycles. The predicted octanol–water partition coefficient (Wildman–Crippen LogP) is 2.64. The first-order valence-electron chi connectivity index (χ1n) is 13.2. The minimum atomic E-state index is -2.05. The summed E-state index contributed by atoms with van der Waals surface area (Å²) in [4.78, 5) is 34.7. The lowest BCUT2D eigenvalue weighted by Gasteiger charge is -2.46. The fourth-order valence-corrected chi connectivity index (χ4v) is 6.88. The molecule has 0 unspecified atom stereocenters. The number of rotatable bonds is 5. The first-order chi connectivity index (χ1) is 19.3. The number of pyridine rings is 1. The highest BCUT2D eigenvalue weighted by Gasteiger charge is 2.54. The van der Waals surface area contributed by atoms with Crippen molar-refractivity contribution in [2.24, 2.45) is 5.92 Å². The third-order valence-electron chi connectivity index (χ3n) is 8.00. The fraction of sp³-hybridized carbons (Fsp3) is 0.414. The molecule has 4 heterocycles. The van der Waals surface area contributed by atoms with Crippen LogP contribution in [-0.4, -0.2) is 83.6 Å². The molecule has 2 fully saturated rings. The molecule has 1 spiro atoms. The summed E-state index contributed by atoms with van der Waals surface area (Å²) >= 11 is 1.44. The van der Waals surface area contributed by atoms with Gasteiger partial charge in [-0.25, -0.2) is 4.98 Å². The van der Waals surface area contributed by atoms with E-state index in [2.05, 4.69) is 10.3 Å². The first-order valence-corrected chi connectivity index (χ1v) is 14.4. The normalized spacial score (nSPS) is 21.6. The number of thioether (sulfide) groups is 1. The lowest BCUT2D eigenvalue weighted by molar-refractivity contribution is -0.141. The number of fused-ring (bicyclic) bond motifs is 2. The van der Waals surface area contributed by atoms with Gasteiger partial charge in [0.25, 0.3) is 5.91 Å². The number of ketones is 2. The largest absolute Gasteiger partial charge is 0.496 e. The van der Waals surface area contributed by atoms with E-state index in [0.717, 1.165) is 0 Å². The summed E-state index contributed by atoms with van der Waals surface area (Å²) in [6.07, 6.45) is 0.925. The molecular formula is C29H31N3O7S. The second-order valence-corrected chi connectivity index (χ2v) is 11.4. The van der Waals surface area contributed by atoms with Gasteiger partial charge in [-0.05, 0) is 43.4 Å². The van der Waals surface area contributed by atoms with E-state index in [-0.39, 0.29) is 22.8 Å². The van der Waals surface area contributed by atoms with Gasteiger partial charge in [-0.2, -0.15) is 11.8 Å². The number of Topliss-reactive ketones (excluding diaryl/α,β-unsaturated/α-hetero) is 2. The van der Waals surface area contributed by atoms with Crippen LogP contribution in [0.5, 0.6) is 17.2 Å². The second-order valence-electron chi connectivity index (χ2n) is 10.3. The van der Waals surface area contributed by atoms with Gasteiger partial charge < -0.3 is 34.6 Å². The highest BCUT2D eigenvalue weighted by Crippen LogP contribution is 2.45. The Bertz CT molecular complexity index is 1490. The molecule has 40 heavy (non-hydrogen) atoms. The number of carbonyl (C=O) groups excluding carboxylic acids is 2. The van der Waals surface area contributed by atoms with Crippen molar-refractivity contribution in [1.29, 1.82) is 0 Å². The van der Waals surface area contributed by atoms with Crippen LogP contribution in [0.15, 0.2) is 42.5 Å². The number of ether oxygens (including phenoxy) is 3. The van der Waals surface area contributed by atoms with Crippen LogP contribution >= 0.6 is 11.8 Å². The SMILES string of the molecule is COc1cc(C(=O)[C@H]2C(=O)c3cc(N4CCSCC4(O)O)ccc3OC23CCNCC3)nc2c(OC)cccc12. The quantitative estimate of drug-likeness (QED) is 0.240. The van der Waals surface area contributed by atoms with Crippen molar-refractivity contribution in [2.75, 3.05) is 50.3 Å². The van der Waals surface area contributed by atoms with Crippen molar-refractivity contribution in [3.05, 3.63) is 53.7 Å². The van der Waals surface area contributed by atoms with Crippen LogP contribution in [0.1, 0.15) is 33.7 Å². The number of hydrogen-bond acceptors (Lipinski definition) is 11. The van der Waals surface area contributed by atoms with Crippen LogP contribution in [0.3, 0.4) is 0 Å². The van der Waals surface area contributed by atoms with E-state index in [4.69, 9.17) is 14.2 Å². The molecule has 1 aromatic heterocycles. The Balaban J connectivity index is 1.46. The molecule has 1 atom stereocenters. The Kier molecular flexibility index (Phi) is 6.86. The van der Waals surface area contributed by atoms with E-state index in [1.165, 1.54) is 30.9 Å². The summed E-state index contributed by atoms with van der Waals surface area (Å²) in [5.41, 5.74) is 0.219. The minimum Gasteiger partial charge on any atom is -0.496 e. The number of aromatic nitrogens is 1. The number of aliphatic hydroxyl groups is 2. The number of carbonyl (C=O) groups is 2. The predicted molar refractivity (Wildman–Crippen MR) is 151 cm³/mol. The van der Waals surface area contributed by atoms with Gasteiger partial charge in [0.1, 0.15) is 40.0 Å². The van der Waals surface area contributed by atoms with Crippen LogP contribution in [-0.2, 0) is 0 Å². The summed E-state index contributed by atoms with van der Waals surface area (Å²) in [6, 6.07) is 12.0. The maximum atomic E-state index is 14.3. The van der Waals surface area contributed by atoms with Gasteiger partial charge in [0.2, 0.25) is 0 Å². The maximum Gasteiger partial charge on any atom is 0.256 e. The number of piperidine rings is 1. The minimum absolute atomic E-state index is 0.0890. The van der Waals surface area contributed by atoms with E-state index in [9.17, 15) is 19.8 Å². The standard InChI is InChI=1S/C29H31N3O7S/c1-37-22-5-3-4-18-23(38-2)15-20(31-25(18)22)27(34)24-26(33)19-14-17(32-12-13-40-16-29(32,35)36)6-7-21(19)39-28(24)8-10-30-11-9-28/h3-7,14-15,24,30,35-36H,8-13,16H2,1-2H3/t24-/m1/s1. The number of para-hydroxylation sites is 1. The summed E-state index contributed by atoms with van der Waals surface area (Å²) in [6.45, 7) is 1.58. The fourth-order valence-electron chi connectivity index (χ4n) is 6.00. The molecular weight excluding hydrogens is 534 g/mol. The van der Waals surface area contributed by atoms with Gasteiger partial charge in [0, 0.05) is 42.3 Å². The molecule has 6 rings (SSSR count). The number of nitrogens with zero attached hydrogens (tertiary/aromatic N) is 2. The molecule has 0 amide bonds. The number of nitrogens with one attached hydrogen (secondary N) is 1. The van der Waals surface area contributed by atoms with E-state index >= 15 is 0 Å². The Morgan fingerprint density at radius 1 is 1.12 bits per heavy atom. The zero-order chi connectivity index (χ0) is 28.1. The molecule has 2 saturated heterocycles. The van der Waals surface area contributed by atoms with Crippen LogP contribution in [0.2, 0.25) is 0 Å². The van der Waals surface area contributed by atoms with Crippen LogP contribution < -0.4 is 24.4 Å². The Morgan fingerprint density at radius 2 is 1.90 bits per heavy atom. The van der Waals surface area contributed by atoms with Crippen LogP contribution in [0, 0.1) is 5.92 Å². The number of anilines is 1. The zero-order valence-corrected chi connectivity index (χ0v) is 23.1. The average Bonchev–Trinajstić information content (AvgIpc) is 2.96. The van der Waals surface area contributed by atoms with E-state index in [1.54, 1.807) is 30.3 Å². The van der Waals surface area contributed by atoms with Gasteiger partial charge in [0.15, 0.2) is 11.6 Å². The van der Waals surface area contributed by atoms with Crippen LogP contribution in [0.25, 0.3) is 10.9 Å². The van der Waals surface area contributed by atoms with E-state index in [1.807, 2.05) is 12.1 Å². The van der Waals surface area contributed by atoms with Gasteiger partial charge in [-0.1, -0.05) is 6.07 Å². The molecule has 2 aromatic carbocycles. The van der Waals surface area contributed by atoms with Gasteiger partial charge >= 0.3 is 0 Å². The molecule has 0 radical (unpaired) electrons. The first kappa shape index (κ1) is 26.8. The number of methoxy groups -OCH3 is 2. The van der Waals surface area contributed by atoms with Crippen molar-refractivity contribution in [1.82, 2.24) is 10.3 Å². The lowest BCUT2D eigenvalue weighted by atomic mass is 9.71. The average molecular weight is 566 g/mol. The second kappa shape index (κ2) is 10.2. The van der Waals surface area contributed by atoms with Gasteiger partial charge in [-0.3, -0.25) is 9.59 Å². The van der Waals surface area contributed by atoms with Crippen LogP contribution in [0.4, 0.5) is 5.69 Å². The summed E-state index contributed by atoms with van der Waals surface area (Å²) in [7, 11) is 3.05. The highest BCUT2D eigenvalue weighted by atomic mass is 32.2. The Hall–Kier alpha value is -3.38. The zero-order valence-electron chi connectivity index (χ0n) is 22.3. The van der Waals surface area contributed by atoms with E-state index < -0.39 is 23.2 Å². The summed E-state index contributed by atoms with van der Waals surface area (Å²) in [5.74, 6) is -1.88. The molecule has 0 saturated carbocycles. The van der Waals surface area contributed by atoms with E-state index in [0.29, 0.717) is 72.1 Å². The molecule has 3 aliphatic rings. The van der Waals surface area contributed by atoms with Crippen molar-refractivity contribution in [2.45, 2.75) is 24.4 Å². The third-order valence-corrected chi connectivity index (χ3v) is 9.06. The van der Waals surface area contributed by atoms with Crippen molar-refractivity contribution in [3.63, 3.8) is 0 Å². The Morgan fingerprint density at radius 3 is 2.62 bits per heavy atom.